The first-order valence-corrected chi connectivity index (χ1v) is 6.94. The molecule has 5 nitrogen and oxygen atoms in total. The number of nitrogens with zero attached hydrogens (tertiary/aromatic N) is 1. The van der Waals surface area contributed by atoms with Gasteiger partial charge in [0.1, 0.15) is 0 Å². The van der Waals surface area contributed by atoms with Gasteiger partial charge in [-0.05, 0) is 32.0 Å². The van der Waals surface area contributed by atoms with Crippen LogP contribution in [0.5, 0.6) is 0 Å². The SMILES string of the molecule is CC1(C)COCCN1CC(=O)Nc1cc(Cl)ccc1N. The highest BCUT2D eigenvalue weighted by Gasteiger charge is 2.31. The molecule has 1 aliphatic rings. The second-order valence-corrected chi connectivity index (χ2v) is 6.00. The molecule has 0 saturated carbocycles. The molecule has 0 radical (unpaired) electrons. The van der Waals surface area contributed by atoms with Crippen LogP contribution in [-0.2, 0) is 9.53 Å². The van der Waals surface area contributed by atoms with Crippen molar-refractivity contribution in [2.24, 2.45) is 0 Å². The minimum Gasteiger partial charge on any atom is -0.397 e. The molecule has 1 aromatic rings. The highest BCUT2D eigenvalue weighted by molar-refractivity contribution is 6.31. The fraction of sp³-hybridized carbons (Fsp3) is 0.500. The van der Waals surface area contributed by atoms with Crippen LogP contribution >= 0.6 is 11.6 Å². The molecule has 0 spiro atoms. The van der Waals surface area contributed by atoms with Crippen molar-refractivity contribution in [3.05, 3.63) is 23.2 Å². The lowest BCUT2D eigenvalue weighted by atomic mass is 10.0. The van der Waals surface area contributed by atoms with Gasteiger partial charge < -0.3 is 15.8 Å². The molecule has 1 aromatic carbocycles. The van der Waals surface area contributed by atoms with E-state index in [9.17, 15) is 4.79 Å². The molecular weight excluding hydrogens is 278 g/mol. The van der Waals surface area contributed by atoms with Crippen molar-refractivity contribution in [1.82, 2.24) is 4.90 Å². The Morgan fingerprint density at radius 1 is 1.55 bits per heavy atom. The molecule has 1 amide bonds. The number of amides is 1. The zero-order valence-electron chi connectivity index (χ0n) is 11.8. The van der Waals surface area contributed by atoms with Crippen molar-refractivity contribution in [2.75, 3.05) is 37.4 Å². The molecule has 3 N–H and O–H groups in total. The van der Waals surface area contributed by atoms with Crippen molar-refractivity contribution in [3.8, 4) is 0 Å². The first-order valence-electron chi connectivity index (χ1n) is 6.56. The van der Waals surface area contributed by atoms with Crippen LogP contribution in [-0.4, -0.2) is 42.6 Å². The summed E-state index contributed by atoms with van der Waals surface area (Å²) in [6.07, 6.45) is 0. The highest BCUT2D eigenvalue weighted by Crippen LogP contribution is 2.23. The Kier molecular flexibility index (Phi) is 4.52. The van der Waals surface area contributed by atoms with E-state index in [1.807, 2.05) is 0 Å². The van der Waals surface area contributed by atoms with Gasteiger partial charge in [-0.3, -0.25) is 9.69 Å². The van der Waals surface area contributed by atoms with Gasteiger partial charge >= 0.3 is 0 Å². The van der Waals surface area contributed by atoms with Crippen molar-refractivity contribution >= 4 is 28.9 Å². The standard InChI is InChI=1S/C14H20ClN3O2/c1-14(2)9-20-6-5-18(14)8-13(19)17-12-7-10(15)3-4-11(12)16/h3-4,7H,5-6,8-9,16H2,1-2H3,(H,17,19). The van der Waals surface area contributed by atoms with Gasteiger partial charge in [-0.2, -0.15) is 0 Å². The summed E-state index contributed by atoms with van der Waals surface area (Å²) in [5, 5.41) is 3.35. The van der Waals surface area contributed by atoms with E-state index < -0.39 is 0 Å². The lowest BCUT2D eigenvalue weighted by Gasteiger charge is -2.41. The van der Waals surface area contributed by atoms with Crippen LogP contribution in [0.3, 0.4) is 0 Å². The summed E-state index contributed by atoms with van der Waals surface area (Å²) in [6, 6.07) is 5.02. The summed E-state index contributed by atoms with van der Waals surface area (Å²) in [7, 11) is 0. The van der Waals surface area contributed by atoms with Crippen LogP contribution in [0.1, 0.15) is 13.8 Å². The second-order valence-electron chi connectivity index (χ2n) is 5.57. The number of hydrogen-bond acceptors (Lipinski definition) is 4. The van der Waals surface area contributed by atoms with E-state index in [0.29, 0.717) is 36.2 Å². The second kappa shape index (κ2) is 5.99. The molecule has 1 heterocycles. The first-order chi connectivity index (χ1) is 9.38. The predicted molar refractivity (Wildman–Crippen MR) is 81.0 cm³/mol. The largest absolute Gasteiger partial charge is 0.397 e. The Balaban J connectivity index is 2.00. The van der Waals surface area contributed by atoms with E-state index in [1.165, 1.54) is 0 Å². The average molecular weight is 298 g/mol. The smallest absolute Gasteiger partial charge is 0.238 e. The molecule has 1 fully saturated rings. The summed E-state index contributed by atoms with van der Waals surface area (Å²) in [4.78, 5) is 14.2. The van der Waals surface area contributed by atoms with Gasteiger partial charge in [0.05, 0.1) is 31.1 Å². The Hall–Kier alpha value is -1.30. The molecule has 0 atom stereocenters. The van der Waals surface area contributed by atoms with E-state index in [4.69, 9.17) is 22.1 Å². The number of benzene rings is 1. The summed E-state index contributed by atoms with van der Waals surface area (Å²) >= 11 is 5.90. The summed E-state index contributed by atoms with van der Waals surface area (Å²) < 4.78 is 5.44. The number of anilines is 2. The zero-order chi connectivity index (χ0) is 14.8. The van der Waals surface area contributed by atoms with Crippen LogP contribution in [0.25, 0.3) is 0 Å². The molecular formula is C14H20ClN3O2. The molecule has 0 aromatic heterocycles. The third kappa shape index (κ3) is 3.62. The number of nitrogens with two attached hydrogens (primary N) is 1. The maximum atomic E-state index is 12.1. The van der Waals surface area contributed by atoms with E-state index in [2.05, 4.69) is 24.1 Å². The van der Waals surface area contributed by atoms with E-state index in [1.54, 1.807) is 18.2 Å². The number of rotatable bonds is 3. The summed E-state index contributed by atoms with van der Waals surface area (Å²) in [5.74, 6) is -0.103. The molecule has 20 heavy (non-hydrogen) atoms. The molecule has 2 rings (SSSR count). The quantitative estimate of drug-likeness (QED) is 0.837. The number of halogens is 1. The third-order valence-electron chi connectivity index (χ3n) is 3.44. The molecule has 0 bridgehead atoms. The number of ether oxygens (including phenoxy) is 1. The van der Waals surface area contributed by atoms with Crippen LogP contribution in [0, 0.1) is 0 Å². The van der Waals surface area contributed by atoms with E-state index >= 15 is 0 Å². The molecule has 0 unspecified atom stereocenters. The lowest BCUT2D eigenvalue weighted by Crippen LogP contribution is -2.55. The topological polar surface area (TPSA) is 67.6 Å². The van der Waals surface area contributed by atoms with Gasteiger partial charge in [-0.25, -0.2) is 0 Å². The van der Waals surface area contributed by atoms with Crippen LogP contribution in [0.15, 0.2) is 18.2 Å². The van der Waals surface area contributed by atoms with Gasteiger partial charge in [0.15, 0.2) is 0 Å². The normalized spacial score (nSPS) is 18.8. The molecule has 0 aliphatic carbocycles. The number of hydrogen-bond donors (Lipinski definition) is 2. The van der Waals surface area contributed by atoms with Gasteiger partial charge in [0, 0.05) is 17.1 Å². The lowest BCUT2D eigenvalue weighted by molar-refractivity contribution is -0.122. The van der Waals surface area contributed by atoms with Crippen LogP contribution in [0.2, 0.25) is 5.02 Å². The Labute approximate surface area is 124 Å². The number of nitrogens with one attached hydrogen (secondary N) is 1. The third-order valence-corrected chi connectivity index (χ3v) is 3.68. The first kappa shape index (κ1) is 15.1. The molecule has 6 heteroatoms. The van der Waals surface area contributed by atoms with Crippen LogP contribution < -0.4 is 11.1 Å². The van der Waals surface area contributed by atoms with Gasteiger partial charge in [0.25, 0.3) is 0 Å². The fourth-order valence-electron chi connectivity index (χ4n) is 2.18. The van der Waals surface area contributed by atoms with Crippen molar-refractivity contribution in [2.45, 2.75) is 19.4 Å². The Morgan fingerprint density at radius 2 is 2.30 bits per heavy atom. The predicted octanol–water partition coefficient (Wildman–Crippen LogP) is 1.97. The van der Waals surface area contributed by atoms with Gasteiger partial charge in [-0.1, -0.05) is 11.6 Å². The van der Waals surface area contributed by atoms with E-state index in [-0.39, 0.29) is 11.4 Å². The average Bonchev–Trinajstić information content (AvgIpc) is 2.36. The number of nitrogen functional groups attached to an aromatic ring is 1. The van der Waals surface area contributed by atoms with Gasteiger partial charge in [-0.15, -0.1) is 0 Å². The zero-order valence-corrected chi connectivity index (χ0v) is 12.5. The monoisotopic (exact) mass is 297 g/mol. The van der Waals surface area contributed by atoms with E-state index in [0.717, 1.165) is 6.54 Å². The Morgan fingerprint density at radius 3 is 3.00 bits per heavy atom. The number of carbonyl (C=O) groups excluding carboxylic acids is 1. The van der Waals surface area contributed by atoms with Crippen molar-refractivity contribution < 1.29 is 9.53 Å². The summed E-state index contributed by atoms with van der Waals surface area (Å²) in [6.45, 7) is 6.45. The van der Waals surface area contributed by atoms with Crippen molar-refractivity contribution in [3.63, 3.8) is 0 Å². The number of morpholine rings is 1. The van der Waals surface area contributed by atoms with Crippen LogP contribution in [0.4, 0.5) is 11.4 Å². The summed E-state index contributed by atoms with van der Waals surface area (Å²) in [5.41, 5.74) is 6.73. The maximum Gasteiger partial charge on any atom is 0.238 e. The van der Waals surface area contributed by atoms with Gasteiger partial charge in [0.2, 0.25) is 5.91 Å². The minimum atomic E-state index is -0.143. The minimum absolute atomic E-state index is 0.103. The fourth-order valence-corrected chi connectivity index (χ4v) is 2.36. The molecule has 110 valence electrons. The number of carbonyl (C=O) groups is 1. The molecule has 1 aliphatic heterocycles. The highest BCUT2D eigenvalue weighted by atomic mass is 35.5. The van der Waals surface area contributed by atoms with Crippen molar-refractivity contribution in [1.29, 1.82) is 0 Å². The Bertz CT molecular complexity index is 505. The molecule has 1 saturated heterocycles. The maximum absolute atomic E-state index is 12.1.